The van der Waals surface area contributed by atoms with Crippen LogP contribution in [-0.2, 0) is 9.59 Å². The van der Waals surface area contributed by atoms with Crippen molar-refractivity contribution < 1.29 is 14.3 Å². The molecule has 31 heavy (non-hydrogen) atoms. The number of benzene rings is 3. The maximum Gasteiger partial charge on any atom is 0.258 e. The van der Waals surface area contributed by atoms with E-state index in [0.29, 0.717) is 5.75 Å². The monoisotopic (exact) mass is 418 g/mol. The molecule has 1 N–H and O–H groups in total. The second-order valence-electron chi connectivity index (χ2n) is 8.79. The highest BCUT2D eigenvalue weighted by molar-refractivity contribution is 5.96. The molecule has 3 rings (SSSR count). The number of carbonyl (C=O) groups excluding carboxylic acids is 2. The molecule has 0 aliphatic carbocycles. The minimum Gasteiger partial charge on any atom is -0.484 e. The standard InChI is InChI=1S/C26H30N2O3/c1-18(20-11-10-19-8-6-7-9-21(19)16-20)27-24(29)17-31-23-14-12-22(13-15-23)28(5)25(30)26(2,3)4/h6-16,18H,17H2,1-5H3,(H,27,29). The lowest BCUT2D eigenvalue weighted by Crippen LogP contribution is -2.36. The third kappa shape index (κ3) is 5.63. The Hall–Kier alpha value is -3.34. The van der Waals surface area contributed by atoms with Gasteiger partial charge in [0.25, 0.3) is 5.91 Å². The SMILES string of the molecule is CC(NC(=O)COc1ccc(N(C)C(=O)C(C)(C)C)cc1)c1ccc2ccccc2c1. The molecule has 0 saturated heterocycles. The molecule has 0 aliphatic rings. The highest BCUT2D eigenvalue weighted by Gasteiger charge is 2.25. The lowest BCUT2D eigenvalue weighted by molar-refractivity contribution is -0.125. The molecule has 0 spiro atoms. The van der Waals surface area contributed by atoms with Crippen LogP contribution in [0, 0.1) is 5.41 Å². The van der Waals surface area contributed by atoms with Crippen LogP contribution in [0.25, 0.3) is 10.8 Å². The van der Waals surface area contributed by atoms with Crippen LogP contribution in [0.2, 0.25) is 0 Å². The quantitative estimate of drug-likeness (QED) is 0.605. The van der Waals surface area contributed by atoms with Crippen LogP contribution >= 0.6 is 0 Å². The highest BCUT2D eigenvalue weighted by Crippen LogP contribution is 2.24. The number of anilines is 1. The van der Waals surface area contributed by atoms with Gasteiger partial charge in [-0.15, -0.1) is 0 Å². The van der Waals surface area contributed by atoms with E-state index in [1.54, 1.807) is 24.1 Å². The minimum atomic E-state index is -0.455. The van der Waals surface area contributed by atoms with Crippen molar-refractivity contribution in [2.24, 2.45) is 5.41 Å². The minimum absolute atomic E-state index is 0.0308. The Bertz CT molecular complexity index is 1070. The Morgan fingerprint density at radius 3 is 2.26 bits per heavy atom. The molecule has 1 atom stereocenters. The Balaban J connectivity index is 1.54. The van der Waals surface area contributed by atoms with E-state index in [4.69, 9.17) is 4.74 Å². The molecule has 0 saturated carbocycles. The van der Waals surface area contributed by atoms with Crippen LogP contribution in [0.15, 0.2) is 66.7 Å². The zero-order valence-electron chi connectivity index (χ0n) is 18.8. The molecule has 5 heteroatoms. The molecular weight excluding hydrogens is 388 g/mol. The Morgan fingerprint density at radius 1 is 0.968 bits per heavy atom. The van der Waals surface area contributed by atoms with Gasteiger partial charge in [-0.05, 0) is 53.6 Å². The number of hydrogen-bond donors (Lipinski definition) is 1. The van der Waals surface area contributed by atoms with Gasteiger partial charge < -0.3 is 15.0 Å². The molecular formula is C26H30N2O3. The van der Waals surface area contributed by atoms with Crippen molar-refractivity contribution >= 4 is 28.3 Å². The first kappa shape index (κ1) is 22.3. The van der Waals surface area contributed by atoms with Gasteiger partial charge in [0, 0.05) is 18.2 Å². The van der Waals surface area contributed by atoms with Crippen molar-refractivity contribution in [2.75, 3.05) is 18.6 Å². The fourth-order valence-electron chi connectivity index (χ4n) is 3.38. The Kier molecular flexibility index (Phi) is 6.64. The average molecular weight is 419 g/mol. The summed E-state index contributed by atoms with van der Waals surface area (Å²) in [6.45, 7) is 7.55. The lowest BCUT2D eigenvalue weighted by Gasteiger charge is -2.26. The van der Waals surface area contributed by atoms with Crippen LogP contribution in [0.4, 0.5) is 5.69 Å². The number of ether oxygens (including phenoxy) is 1. The summed E-state index contributed by atoms with van der Waals surface area (Å²) < 4.78 is 5.62. The van der Waals surface area contributed by atoms with Gasteiger partial charge in [0.1, 0.15) is 5.75 Å². The molecule has 5 nitrogen and oxygen atoms in total. The summed E-state index contributed by atoms with van der Waals surface area (Å²) in [5.41, 5.74) is 1.37. The summed E-state index contributed by atoms with van der Waals surface area (Å²) in [5, 5.41) is 5.29. The second kappa shape index (κ2) is 9.21. The molecule has 162 valence electrons. The molecule has 0 radical (unpaired) electrons. The fraction of sp³-hybridized carbons (Fsp3) is 0.308. The first-order chi connectivity index (χ1) is 14.6. The van der Waals surface area contributed by atoms with Gasteiger partial charge in [0.05, 0.1) is 6.04 Å². The third-order valence-electron chi connectivity index (χ3n) is 5.19. The molecule has 0 aliphatic heterocycles. The van der Waals surface area contributed by atoms with Crippen molar-refractivity contribution in [3.8, 4) is 5.75 Å². The van der Waals surface area contributed by atoms with Gasteiger partial charge in [-0.25, -0.2) is 0 Å². The molecule has 1 unspecified atom stereocenters. The van der Waals surface area contributed by atoms with E-state index in [1.807, 2.05) is 58.0 Å². The van der Waals surface area contributed by atoms with E-state index in [-0.39, 0.29) is 24.5 Å². The van der Waals surface area contributed by atoms with Crippen molar-refractivity contribution in [1.82, 2.24) is 5.32 Å². The van der Waals surface area contributed by atoms with Crippen molar-refractivity contribution in [1.29, 1.82) is 0 Å². The molecule has 0 fully saturated rings. The average Bonchev–Trinajstić information content (AvgIpc) is 2.76. The van der Waals surface area contributed by atoms with E-state index >= 15 is 0 Å². The molecule has 0 bridgehead atoms. The number of rotatable bonds is 6. The lowest BCUT2D eigenvalue weighted by atomic mass is 9.95. The molecule has 3 aromatic carbocycles. The summed E-state index contributed by atoms with van der Waals surface area (Å²) in [7, 11) is 1.76. The van der Waals surface area contributed by atoms with E-state index in [1.165, 1.54) is 5.39 Å². The van der Waals surface area contributed by atoms with Gasteiger partial charge in [-0.3, -0.25) is 9.59 Å². The fourth-order valence-corrected chi connectivity index (χ4v) is 3.38. The summed E-state index contributed by atoms with van der Waals surface area (Å²) in [5.74, 6) is 0.418. The van der Waals surface area contributed by atoms with Gasteiger partial charge in [0.2, 0.25) is 5.91 Å². The third-order valence-corrected chi connectivity index (χ3v) is 5.19. The number of nitrogens with one attached hydrogen (secondary N) is 1. The summed E-state index contributed by atoms with van der Waals surface area (Å²) in [6.07, 6.45) is 0. The number of carbonyl (C=O) groups is 2. The number of nitrogens with zero attached hydrogens (tertiary/aromatic N) is 1. The number of hydrogen-bond acceptors (Lipinski definition) is 3. The van der Waals surface area contributed by atoms with Gasteiger partial charge in [-0.2, -0.15) is 0 Å². The predicted molar refractivity (Wildman–Crippen MR) is 125 cm³/mol. The zero-order valence-corrected chi connectivity index (χ0v) is 18.8. The van der Waals surface area contributed by atoms with Crippen LogP contribution in [0.1, 0.15) is 39.3 Å². The molecule has 3 aromatic rings. The van der Waals surface area contributed by atoms with Crippen molar-refractivity contribution in [3.05, 3.63) is 72.3 Å². The number of fused-ring (bicyclic) bond motifs is 1. The van der Waals surface area contributed by atoms with Gasteiger partial charge in [-0.1, -0.05) is 57.2 Å². The first-order valence-electron chi connectivity index (χ1n) is 10.4. The largest absolute Gasteiger partial charge is 0.484 e. The maximum atomic E-state index is 12.4. The first-order valence-corrected chi connectivity index (χ1v) is 10.4. The van der Waals surface area contributed by atoms with Crippen LogP contribution in [-0.4, -0.2) is 25.5 Å². The van der Waals surface area contributed by atoms with E-state index in [9.17, 15) is 9.59 Å². The Labute approximate surface area is 184 Å². The van der Waals surface area contributed by atoms with Crippen molar-refractivity contribution in [2.45, 2.75) is 33.7 Å². The van der Waals surface area contributed by atoms with Gasteiger partial charge >= 0.3 is 0 Å². The molecule has 2 amide bonds. The highest BCUT2D eigenvalue weighted by atomic mass is 16.5. The predicted octanol–water partition coefficient (Wildman–Crippen LogP) is 5.10. The van der Waals surface area contributed by atoms with Crippen LogP contribution in [0.5, 0.6) is 5.75 Å². The van der Waals surface area contributed by atoms with E-state index in [0.717, 1.165) is 16.6 Å². The topological polar surface area (TPSA) is 58.6 Å². The van der Waals surface area contributed by atoms with Crippen LogP contribution in [0.3, 0.4) is 0 Å². The van der Waals surface area contributed by atoms with Gasteiger partial charge in [0.15, 0.2) is 6.61 Å². The second-order valence-corrected chi connectivity index (χ2v) is 8.79. The zero-order chi connectivity index (χ0) is 22.6. The summed E-state index contributed by atoms with van der Waals surface area (Å²) >= 11 is 0. The van der Waals surface area contributed by atoms with E-state index < -0.39 is 5.41 Å². The Morgan fingerprint density at radius 2 is 1.61 bits per heavy atom. The normalized spacial score (nSPS) is 12.3. The number of amides is 2. The molecule has 0 aromatic heterocycles. The summed E-state index contributed by atoms with van der Waals surface area (Å²) in [4.78, 5) is 26.4. The van der Waals surface area contributed by atoms with Crippen LogP contribution < -0.4 is 15.0 Å². The van der Waals surface area contributed by atoms with Crippen molar-refractivity contribution in [3.63, 3.8) is 0 Å². The smallest absolute Gasteiger partial charge is 0.258 e. The van der Waals surface area contributed by atoms with E-state index in [2.05, 4.69) is 29.6 Å². The maximum absolute atomic E-state index is 12.4. The summed E-state index contributed by atoms with van der Waals surface area (Å²) in [6, 6.07) is 21.4. The molecule has 0 heterocycles.